The lowest BCUT2D eigenvalue weighted by Gasteiger charge is -2.31. The largest absolute Gasteiger partial charge is 0.360 e. The summed E-state index contributed by atoms with van der Waals surface area (Å²) in [6.07, 6.45) is 1.79. The van der Waals surface area contributed by atoms with E-state index in [-0.39, 0.29) is 23.5 Å². The molecule has 0 radical (unpaired) electrons. The Balaban J connectivity index is 1.20. The molecule has 3 aromatic rings. The molecule has 0 atom stereocenters. The Morgan fingerprint density at radius 3 is 2.38 bits per heavy atom. The van der Waals surface area contributed by atoms with Crippen LogP contribution in [0.5, 0.6) is 0 Å². The Morgan fingerprint density at radius 2 is 1.69 bits per heavy atom. The highest BCUT2D eigenvalue weighted by atomic mass is 19.1. The third-order valence-electron chi connectivity index (χ3n) is 5.94. The van der Waals surface area contributed by atoms with E-state index in [1.807, 2.05) is 0 Å². The Morgan fingerprint density at radius 1 is 1.00 bits per heavy atom. The van der Waals surface area contributed by atoms with Crippen molar-refractivity contribution in [2.24, 2.45) is 0 Å². The van der Waals surface area contributed by atoms with Crippen molar-refractivity contribution in [3.63, 3.8) is 0 Å². The van der Waals surface area contributed by atoms with Crippen molar-refractivity contribution in [3.05, 3.63) is 65.2 Å². The van der Waals surface area contributed by atoms with Crippen LogP contribution in [0.2, 0.25) is 0 Å². The minimum absolute atomic E-state index is 0.208. The predicted octanol–water partition coefficient (Wildman–Crippen LogP) is 3.44. The highest BCUT2D eigenvalue weighted by Gasteiger charge is 2.35. The van der Waals surface area contributed by atoms with E-state index in [0.29, 0.717) is 29.7 Å². The van der Waals surface area contributed by atoms with Crippen LogP contribution in [0.3, 0.4) is 0 Å². The number of halogens is 1. The molecular weight excluding hydrogens is 373 g/mol. The second kappa shape index (κ2) is 7.08. The molecule has 148 valence electrons. The van der Waals surface area contributed by atoms with Crippen LogP contribution < -0.4 is 0 Å². The first-order valence-corrected chi connectivity index (χ1v) is 9.84. The summed E-state index contributed by atoms with van der Waals surface area (Å²) in [6, 6.07) is 11.5. The van der Waals surface area contributed by atoms with Crippen molar-refractivity contribution < 1.29 is 18.5 Å². The maximum Gasteiger partial charge on any atom is 0.261 e. The molecule has 3 heterocycles. The van der Waals surface area contributed by atoms with Gasteiger partial charge in [0.05, 0.1) is 11.1 Å². The summed E-state index contributed by atoms with van der Waals surface area (Å²) in [5.74, 6) is 0.322. The molecule has 29 heavy (non-hydrogen) atoms. The third-order valence-corrected chi connectivity index (χ3v) is 5.94. The van der Waals surface area contributed by atoms with Crippen LogP contribution in [-0.2, 0) is 0 Å². The lowest BCUT2D eigenvalue weighted by Crippen LogP contribution is -2.41. The van der Waals surface area contributed by atoms with E-state index in [9.17, 15) is 14.0 Å². The molecule has 6 nitrogen and oxygen atoms in total. The van der Waals surface area contributed by atoms with Gasteiger partial charge in [0, 0.05) is 30.5 Å². The smallest absolute Gasteiger partial charge is 0.261 e. The van der Waals surface area contributed by atoms with E-state index in [4.69, 9.17) is 4.52 Å². The molecule has 2 aromatic carbocycles. The Labute approximate surface area is 166 Å². The number of aromatic nitrogens is 1. The summed E-state index contributed by atoms with van der Waals surface area (Å²) in [4.78, 5) is 28.6. The van der Waals surface area contributed by atoms with Gasteiger partial charge in [-0.1, -0.05) is 17.3 Å². The summed E-state index contributed by atoms with van der Waals surface area (Å²) in [6.45, 7) is 2.73. The second-order valence-corrected chi connectivity index (χ2v) is 7.63. The van der Waals surface area contributed by atoms with E-state index < -0.39 is 0 Å². The minimum Gasteiger partial charge on any atom is -0.360 e. The van der Waals surface area contributed by atoms with Crippen molar-refractivity contribution in [2.75, 3.05) is 26.2 Å². The highest BCUT2D eigenvalue weighted by molar-refractivity contribution is 6.21. The van der Waals surface area contributed by atoms with Gasteiger partial charge in [0.15, 0.2) is 0 Å². The van der Waals surface area contributed by atoms with Crippen LogP contribution in [-0.4, -0.2) is 52.9 Å². The number of hydrogen-bond acceptors (Lipinski definition) is 5. The second-order valence-electron chi connectivity index (χ2n) is 7.63. The van der Waals surface area contributed by atoms with Crippen LogP contribution in [0.15, 0.2) is 47.0 Å². The first-order chi connectivity index (χ1) is 14.1. The molecule has 1 saturated heterocycles. The molecule has 2 aliphatic heterocycles. The van der Waals surface area contributed by atoms with Gasteiger partial charge in [-0.2, -0.15) is 0 Å². The number of imide groups is 1. The average molecular weight is 393 g/mol. The number of amides is 2. The van der Waals surface area contributed by atoms with E-state index in [0.717, 1.165) is 37.1 Å². The van der Waals surface area contributed by atoms with Crippen LogP contribution >= 0.6 is 0 Å². The monoisotopic (exact) mass is 393 g/mol. The molecule has 0 N–H and O–H groups in total. The van der Waals surface area contributed by atoms with Crippen molar-refractivity contribution >= 4 is 22.7 Å². The maximum atomic E-state index is 13.4. The molecule has 0 unspecified atom stereocenters. The van der Waals surface area contributed by atoms with Gasteiger partial charge < -0.3 is 9.42 Å². The number of fused-ring (bicyclic) bond motifs is 2. The van der Waals surface area contributed by atoms with Gasteiger partial charge >= 0.3 is 0 Å². The summed E-state index contributed by atoms with van der Waals surface area (Å²) < 4.78 is 18.9. The average Bonchev–Trinajstić information content (AvgIpc) is 3.26. The van der Waals surface area contributed by atoms with Crippen molar-refractivity contribution in [2.45, 2.75) is 18.8 Å². The molecule has 7 heteroatoms. The molecule has 0 aliphatic carbocycles. The number of benzene rings is 2. The molecule has 1 fully saturated rings. The first-order valence-electron chi connectivity index (χ1n) is 9.84. The maximum absolute atomic E-state index is 13.4. The van der Waals surface area contributed by atoms with E-state index in [1.54, 1.807) is 30.3 Å². The highest BCUT2D eigenvalue weighted by Crippen LogP contribution is 2.33. The lowest BCUT2D eigenvalue weighted by molar-refractivity contribution is 0.0629. The van der Waals surface area contributed by atoms with E-state index >= 15 is 0 Å². The van der Waals surface area contributed by atoms with Gasteiger partial charge in [-0.25, -0.2) is 4.39 Å². The Hall–Kier alpha value is -3.06. The fourth-order valence-corrected chi connectivity index (χ4v) is 4.33. The van der Waals surface area contributed by atoms with Gasteiger partial charge in [-0.3, -0.25) is 14.5 Å². The third kappa shape index (κ3) is 3.11. The topological polar surface area (TPSA) is 66.7 Å². The van der Waals surface area contributed by atoms with Gasteiger partial charge in [0.25, 0.3) is 11.8 Å². The number of nitrogens with zero attached hydrogens (tertiary/aromatic N) is 3. The first kappa shape index (κ1) is 18.0. The SMILES string of the molecule is O=C1c2ccccc2C(=O)N1CCN1CCC(c2onc3cc(F)ccc23)CC1. The molecule has 0 bridgehead atoms. The fourth-order valence-electron chi connectivity index (χ4n) is 4.33. The zero-order valence-electron chi connectivity index (χ0n) is 15.8. The number of piperidine rings is 1. The number of rotatable bonds is 4. The summed E-state index contributed by atoms with van der Waals surface area (Å²) in [5.41, 5.74) is 1.53. The number of likely N-dealkylation sites (tertiary alicyclic amines) is 1. The standard InChI is InChI=1S/C22H20FN3O3/c23-15-5-6-18-19(13-15)24-29-20(18)14-7-9-25(10-8-14)11-12-26-21(27)16-3-1-2-4-17(16)22(26)28/h1-6,13-14H,7-12H2. The van der Waals surface area contributed by atoms with Crippen LogP contribution in [0.25, 0.3) is 10.9 Å². The predicted molar refractivity (Wildman–Crippen MR) is 104 cm³/mol. The van der Waals surface area contributed by atoms with Crippen molar-refractivity contribution in [1.82, 2.24) is 15.0 Å². The normalized spacial score (nSPS) is 18.0. The van der Waals surface area contributed by atoms with Crippen LogP contribution in [0.1, 0.15) is 45.2 Å². The lowest BCUT2D eigenvalue weighted by atomic mass is 9.92. The summed E-state index contributed by atoms with van der Waals surface area (Å²) >= 11 is 0. The molecule has 2 amide bonds. The van der Waals surface area contributed by atoms with Gasteiger partial charge in [-0.15, -0.1) is 0 Å². The molecular formula is C22H20FN3O3. The number of carbonyl (C=O) groups is 2. The molecule has 2 aliphatic rings. The summed E-state index contributed by atoms with van der Waals surface area (Å²) in [7, 11) is 0. The zero-order chi connectivity index (χ0) is 20.0. The molecule has 0 saturated carbocycles. The van der Waals surface area contributed by atoms with Crippen molar-refractivity contribution in [3.8, 4) is 0 Å². The number of hydrogen-bond donors (Lipinski definition) is 0. The van der Waals surface area contributed by atoms with Crippen LogP contribution in [0.4, 0.5) is 4.39 Å². The van der Waals surface area contributed by atoms with E-state index in [1.165, 1.54) is 17.0 Å². The zero-order valence-corrected chi connectivity index (χ0v) is 15.8. The van der Waals surface area contributed by atoms with Crippen LogP contribution in [0, 0.1) is 5.82 Å². The summed E-state index contributed by atoms with van der Waals surface area (Å²) in [5, 5.41) is 4.86. The van der Waals surface area contributed by atoms with Gasteiger partial charge in [0.2, 0.25) is 0 Å². The van der Waals surface area contributed by atoms with E-state index in [2.05, 4.69) is 10.1 Å². The van der Waals surface area contributed by atoms with Crippen molar-refractivity contribution in [1.29, 1.82) is 0 Å². The molecule has 0 spiro atoms. The molecule has 1 aromatic heterocycles. The quantitative estimate of drug-likeness (QED) is 0.636. The Kier molecular flexibility index (Phi) is 4.39. The van der Waals surface area contributed by atoms with Gasteiger partial charge in [0.1, 0.15) is 17.1 Å². The minimum atomic E-state index is -0.319. The molecule has 5 rings (SSSR count). The number of carbonyl (C=O) groups excluding carboxylic acids is 2. The Bertz CT molecular complexity index is 1070. The van der Waals surface area contributed by atoms with Gasteiger partial charge in [-0.05, 0) is 50.2 Å². The fraction of sp³-hybridized carbons (Fsp3) is 0.318.